The highest BCUT2D eigenvalue weighted by molar-refractivity contribution is 9.10. The summed E-state index contributed by atoms with van der Waals surface area (Å²) in [6.45, 7) is 7.84. The van der Waals surface area contributed by atoms with E-state index in [-0.39, 0.29) is 0 Å². The number of rotatable bonds is 2. The smallest absolute Gasteiger partial charge is 0.131 e. The highest BCUT2D eigenvalue weighted by atomic mass is 79.9. The van der Waals surface area contributed by atoms with Gasteiger partial charge in [-0.2, -0.15) is 0 Å². The molecule has 1 fully saturated rings. The number of aromatic nitrogens is 1. The number of pyridine rings is 1. The summed E-state index contributed by atoms with van der Waals surface area (Å²) in [5.74, 6) is 1.15. The van der Waals surface area contributed by atoms with Crippen molar-refractivity contribution in [2.75, 3.05) is 31.6 Å². The quantitative estimate of drug-likeness (QED) is 0.836. The maximum absolute atomic E-state index is 4.63. The number of hydrogen-bond donors (Lipinski definition) is 0. The van der Waals surface area contributed by atoms with Crippen molar-refractivity contribution in [3.05, 3.63) is 22.3 Å². The Kier molecular flexibility index (Phi) is 4.62. The molecule has 3 nitrogen and oxygen atoms in total. The molecule has 1 saturated heterocycles. The zero-order valence-electron chi connectivity index (χ0n) is 11.5. The van der Waals surface area contributed by atoms with Gasteiger partial charge in [0.05, 0.1) is 0 Å². The third kappa shape index (κ3) is 3.04. The summed E-state index contributed by atoms with van der Waals surface area (Å²) >= 11 is 3.49. The molecule has 0 N–H and O–H groups in total. The second kappa shape index (κ2) is 6.02. The van der Waals surface area contributed by atoms with Gasteiger partial charge in [-0.1, -0.05) is 6.92 Å². The molecule has 0 saturated carbocycles. The topological polar surface area (TPSA) is 19.4 Å². The molecule has 0 bridgehead atoms. The van der Waals surface area contributed by atoms with Gasteiger partial charge < -0.3 is 9.80 Å². The summed E-state index contributed by atoms with van der Waals surface area (Å²) in [6.07, 6.45) is 4.29. The van der Waals surface area contributed by atoms with Crippen LogP contribution in [-0.2, 0) is 0 Å². The SMILES string of the molecule is CCC1CN(C)CCCN1c1ncc(Br)cc1C. The minimum absolute atomic E-state index is 0.574. The van der Waals surface area contributed by atoms with Crippen molar-refractivity contribution in [2.24, 2.45) is 0 Å². The van der Waals surface area contributed by atoms with E-state index in [2.05, 4.69) is 57.7 Å². The van der Waals surface area contributed by atoms with E-state index < -0.39 is 0 Å². The third-order valence-corrected chi connectivity index (χ3v) is 4.10. The zero-order chi connectivity index (χ0) is 13.1. The van der Waals surface area contributed by atoms with Gasteiger partial charge >= 0.3 is 0 Å². The molecule has 1 unspecified atom stereocenters. The Morgan fingerprint density at radius 3 is 2.89 bits per heavy atom. The van der Waals surface area contributed by atoms with Gasteiger partial charge in [-0.25, -0.2) is 4.98 Å². The summed E-state index contributed by atoms with van der Waals surface area (Å²) in [6, 6.07) is 2.73. The third-order valence-electron chi connectivity index (χ3n) is 3.66. The van der Waals surface area contributed by atoms with Gasteiger partial charge in [0.1, 0.15) is 5.82 Å². The Bertz CT molecular complexity index is 408. The van der Waals surface area contributed by atoms with Crippen LogP contribution in [0.15, 0.2) is 16.7 Å². The molecule has 1 aromatic rings. The Hall–Kier alpha value is -0.610. The normalized spacial score (nSPS) is 22.0. The van der Waals surface area contributed by atoms with Crippen molar-refractivity contribution in [2.45, 2.75) is 32.7 Å². The number of likely N-dealkylation sites (N-methyl/N-ethyl adjacent to an activating group) is 1. The molecule has 1 aromatic heterocycles. The summed E-state index contributed by atoms with van der Waals surface area (Å²) in [4.78, 5) is 9.55. The first kappa shape index (κ1) is 13.8. The van der Waals surface area contributed by atoms with E-state index in [0.717, 1.165) is 23.4 Å². The van der Waals surface area contributed by atoms with Crippen LogP contribution in [0.2, 0.25) is 0 Å². The van der Waals surface area contributed by atoms with Gasteiger partial charge in [0.25, 0.3) is 0 Å². The molecule has 0 spiro atoms. The molecule has 0 aliphatic carbocycles. The fourth-order valence-electron chi connectivity index (χ4n) is 2.71. The average Bonchev–Trinajstić information content (AvgIpc) is 2.51. The van der Waals surface area contributed by atoms with Crippen molar-refractivity contribution in [3.63, 3.8) is 0 Å². The molecule has 0 aromatic carbocycles. The van der Waals surface area contributed by atoms with E-state index in [1.807, 2.05) is 6.20 Å². The van der Waals surface area contributed by atoms with E-state index >= 15 is 0 Å². The molecule has 1 aliphatic heterocycles. The number of nitrogens with zero attached hydrogens (tertiary/aromatic N) is 3. The lowest BCUT2D eigenvalue weighted by atomic mass is 10.1. The van der Waals surface area contributed by atoms with Crippen LogP contribution in [-0.4, -0.2) is 42.6 Å². The second-order valence-corrected chi connectivity index (χ2v) is 6.08. The molecule has 0 amide bonds. The molecule has 2 rings (SSSR count). The van der Waals surface area contributed by atoms with E-state index in [4.69, 9.17) is 0 Å². The number of hydrogen-bond acceptors (Lipinski definition) is 3. The largest absolute Gasteiger partial charge is 0.352 e. The number of aryl methyl sites for hydroxylation is 1. The van der Waals surface area contributed by atoms with Crippen molar-refractivity contribution in [1.29, 1.82) is 0 Å². The van der Waals surface area contributed by atoms with Gasteiger partial charge in [0.15, 0.2) is 0 Å². The first-order chi connectivity index (χ1) is 8.61. The first-order valence-electron chi connectivity index (χ1n) is 6.69. The van der Waals surface area contributed by atoms with Crippen molar-refractivity contribution in [1.82, 2.24) is 9.88 Å². The number of anilines is 1. The number of halogens is 1. The van der Waals surface area contributed by atoms with Crippen molar-refractivity contribution in [3.8, 4) is 0 Å². The van der Waals surface area contributed by atoms with Crippen LogP contribution in [0.4, 0.5) is 5.82 Å². The molecule has 100 valence electrons. The van der Waals surface area contributed by atoms with Gasteiger partial charge in [-0.15, -0.1) is 0 Å². The van der Waals surface area contributed by atoms with Crippen LogP contribution in [0.5, 0.6) is 0 Å². The molecular formula is C14H22BrN3. The lowest BCUT2D eigenvalue weighted by molar-refractivity contribution is 0.327. The Labute approximate surface area is 118 Å². The zero-order valence-corrected chi connectivity index (χ0v) is 13.1. The van der Waals surface area contributed by atoms with Crippen LogP contribution in [0.3, 0.4) is 0 Å². The molecule has 1 aliphatic rings. The minimum Gasteiger partial charge on any atom is -0.352 e. The molecule has 4 heteroatoms. The summed E-state index contributed by atoms with van der Waals surface area (Å²) < 4.78 is 1.06. The van der Waals surface area contributed by atoms with Gasteiger partial charge in [-0.05, 0) is 60.9 Å². The molecular weight excluding hydrogens is 290 g/mol. The molecule has 2 heterocycles. The average molecular weight is 312 g/mol. The monoisotopic (exact) mass is 311 g/mol. The van der Waals surface area contributed by atoms with Gasteiger partial charge in [0, 0.05) is 29.8 Å². The Morgan fingerprint density at radius 1 is 1.44 bits per heavy atom. The van der Waals surface area contributed by atoms with Crippen LogP contribution in [0.1, 0.15) is 25.3 Å². The maximum Gasteiger partial charge on any atom is 0.131 e. The standard InChI is InChI=1S/C14H22BrN3/c1-4-13-10-17(3)6-5-7-18(13)14-11(2)8-12(15)9-16-14/h8-9,13H,4-7,10H2,1-3H3. The van der Waals surface area contributed by atoms with Crippen molar-refractivity contribution < 1.29 is 0 Å². The van der Waals surface area contributed by atoms with E-state index in [9.17, 15) is 0 Å². The summed E-state index contributed by atoms with van der Waals surface area (Å²) in [5, 5.41) is 0. The van der Waals surface area contributed by atoms with E-state index in [1.165, 1.54) is 24.9 Å². The van der Waals surface area contributed by atoms with Crippen LogP contribution < -0.4 is 4.90 Å². The molecule has 0 radical (unpaired) electrons. The van der Waals surface area contributed by atoms with E-state index in [1.54, 1.807) is 0 Å². The first-order valence-corrected chi connectivity index (χ1v) is 7.48. The maximum atomic E-state index is 4.63. The minimum atomic E-state index is 0.574. The predicted molar refractivity (Wildman–Crippen MR) is 80.2 cm³/mol. The van der Waals surface area contributed by atoms with E-state index in [0.29, 0.717) is 6.04 Å². The summed E-state index contributed by atoms with van der Waals surface area (Å²) in [7, 11) is 2.22. The molecule has 1 atom stereocenters. The summed E-state index contributed by atoms with van der Waals surface area (Å²) in [5.41, 5.74) is 1.26. The van der Waals surface area contributed by atoms with Crippen molar-refractivity contribution >= 4 is 21.7 Å². The van der Waals surface area contributed by atoms with Gasteiger partial charge in [-0.3, -0.25) is 0 Å². The second-order valence-electron chi connectivity index (χ2n) is 5.17. The van der Waals surface area contributed by atoms with Crippen LogP contribution in [0, 0.1) is 6.92 Å². The van der Waals surface area contributed by atoms with Crippen LogP contribution in [0.25, 0.3) is 0 Å². The molecule has 18 heavy (non-hydrogen) atoms. The predicted octanol–water partition coefficient (Wildman–Crippen LogP) is 3.07. The van der Waals surface area contributed by atoms with Crippen LogP contribution >= 0.6 is 15.9 Å². The Balaban J connectivity index is 2.28. The fraction of sp³-hybridized carbons (Fsp3) is 0.643. The highest BCUT2D eigenvalue weighted by Gasteiger charge is 2.24. The van der Waals surface area contributed by atoms with Gasteiger partial charge in [0.2, 0.25) is 0 Å². The lowest BCUT2D eigenvalue weighted by Gasteiger charge is -2.32. The fourth-order valence-corrected chi connectivity index (χ4v) is 3.15. The Morgan fingerprint density at radius 2 is 2.22 bits per heavy atom. The lowest BCUT2D eigenvalue weighted by Crippen LogP contribution is -2.40. The highest BCUT2D eigenvalue weighted by Crippen LogP contribution is 2.25.